The van der Waals surface area contributed by atoms with E-state index in [0.717, 1.165) is 61.6 Å². The maximum absolute atomic E-state index is 14.1. The van der Waals surface area contributed by atoms with E-state index in [1.165, 1.54) is 24.4 Å². The molecule has 0 spiro atoms. The lowest BCUT2D eigenvalue weighted by Gasteiger charge is -2.48. The number of fused-ring (bicyclic) bond motifs is 4. The summed E-state index contributed by atoms with van der Waals surface area (Å²) in [5, 5.41) is 19.5. The number of pyridine rings is 1. The van der Waals surface area contributed by atoms with E-state index >= 15 is 0 Å². The molecule has 6 amide bonds. The van der Waals surface area contributed by atoms with Gasteiger partial charge >= 0.3 is 0 Å². The number of hydrogen-bond acceptors (Lipinski definition) is 15. The largest absolute Gasteiger partial charge is 0.478 e. The zero-order valence-corrected chi connectivity index (χ0v) is 43.4. The summed E-state index contributed by atoms with van der Waals surface area (Å²) in [6.07, 6.45) is 8.17. The summed E-state index contributed by atoms with van der Waals surface area (Å²) in [7, 11) is 1.50. The van der Waals surface area contributed by atoms with Gasteiger partial charge in [0.15, 0.2) is 5.82 Å². The molecule has 76 heavy (non-hydrogen) atoms. The molecule has 20 nitrogen and oxygen atoms in total. The summed E-state index contributed by atoms with van der Waals surface area (Å²) in [4.78, 5) is 102. The highest BCUT2D eigenvalue weighted by molar-refractivity contribution is 6.23. The van der Waals surface area contributed by atoms with Gasteiger partial charge in [0.1, 0.15) is 17.6 Å². The second kappa shape index (κ2) is 19.6. The zero-order chi connectivity index (χ0) is 53.3. The number of piperidine rings is 2. The Morgan fingerprint density at radius 3 is 2.46 bits per heavy atom. The number of aromatic nitrogens is 4. The SMILES string of the molecule is C=CC(=O)Nc1cc(Nc2nc(-c3ccnc(N4CCn5c(cc6c5CC(C)(C)C6)C4=O)c3CO)cnc2OC)ccc1N1CCN(C2CCN(c3ccc4c(c3)C(=O)N(C3CCC(=O)NC3=O)C4=O)[C@@H](C)C2)C[C@@H]1C. The van der Waals surface area contributed by atoms with Crippen molar-refractivity contribution in [3.05, 3.63) is 107 Å². The van der Waals surface area contributed by atoms with Crippen LogP contribution in [-0.2, 0) is 40.4 Å². The number of imide groups is 2. The van der Waals surface area contributed by atoms with E-state index in [0.29, 0.717) is 71.2 Å². The number of ether oxygens (including phenoxy) is 1. The number of nitrogens with zero attached hydrogens (tertiary/aromatic N) is 9. The van der Waals surface area contributed by atoms with Gasteiger partial charge in [-0.25, -0.2) is 15.0 Å². The van der Waals surface area contributed by atoms with E-state index in [-0.39, 0.29) is 59.2 Å². The highest BCUT2D eigenvalue weighted by Gasteiger charge is 2.45. The van der Waals surface area contributed by atoms with Crippen LogP contribution in [0.2, 0.25) is 0 Å². The number of amides is 6. The van der Waals surface area contributed by atoms with E-state index in [4.69, 9.17) is 9.72 Å². The van der Waals surface area contributed by atoms with Crippen molar-refractivity contribution in [1.29, 1.82) is 0 Å². The normalized spacial score (nSPS) is 22.3. The number of carbonyl (C=O) groups is 6. The third kappa shape index (κ3) is 8.91. The number of aliphatic hydroxyl groups excluding tert-OH is 1. The topological polar surface area (TPSA) is 228 Å². The van der Waals surface area contributed by atoms with Crippen LogP contribution in [0.15, 0.2) is 73.6 Å². The fraction of sp³-hybridized carbons (Fsp3) is 0.411. The number of carbonyl (C=O) groups excluding carboxylic acids is 6. The summed E-state index contributed by atoms with van der Waals surface area (Å²) in [6.45, 7) is 16.2. The van der Waals surface area contributed by atoms with Gasteiger partial charge in [0.25, 0.3) is 23.6 Å². The Morgan fingerprint density at radius 1 is 0.895 bits per heavy atom. The molecule has 0 bridgehead atoms. The predicted molar refractivity (Wildman–Crippen MR) is 285 cm³/mol. The molecule has 6 aliphatic rings. The fourth-order valence-corrected chi connectivity index (χ4v) is 12.4. The van der Waals surface area contributed by atoms with Crippen molar-refractivity contribution < 1.29 is 38.6 Å². The highest BCUT2D eigenvalue weighted by atomic mass is 16.5. The highest BCUT2D eigenvalue weighted by Crippen LogP contribution is 2.42. The third-order valence-electron chi connectivity index (χ3n) is 16.1. The smallest absolute Gasteiger partial charge is 0.276 e. The molecular weight excluding hydrogens is 969 g/mol. The molecular formula is C56H62N12O8. The molecule has 11 rings (SSSR count). The summed E-state index contributed by atoms with van der Waals surface area (Å²) >= 11 is 0. The standard InChI is InChI=1S/C56H62N12O8/c1-7-47(70)60-41-24-34(59-49-52(76-6)58-28-42(61-49)37-14-16-57-50(40(37)30-69)67-21-20-66-45(55(67)75)23-33-26-56(4,5)27-46(33)66)8-11-43(41)65-19-18-63(29-32(65)3)35-15-17-64(31(2)22-35)36-9-10-38-39(25-36)54(74)68(53(38)73)44-12-13-48(71)62-51(44)72/h7-11,14,16,23-25,28,31-32,35,44,69H,1,12-13,15,17-22,26-27,29-30H2,2-6H3,(H,59,61)(H,60,70)(H,62,71,72)/t31-,32-,35?,44?/m0/s1. The fourth-order valence-electron chi connectivity index (χ4n) is 12.4. The summed E-state index contributed by atoms with van der Waals surface area (Å²) in [5.41, 5.74) is 8.04. The van der Waals surface area contributed by atoms with Gasteiger partial charge in [0.05, 0.1) is 48.1 Å². The van der Waals surface area contributed by atoms with Crippen LogP contribution in [0.1, 0.15) is 101 Å². The van der Waals surface area contributed by atoms with E-state index in [2.05, 4.69) is 79.5 Å². The quantitative estimate of drug-likeness (QED) is 0.0899. The van der Waals surface area contributed by atoms with E-state index in [1.807, 2.05) is 30.3 Å². The first-order valence-electron chi connectivity index (χ1n) is 26.1. The van der Waals surface area contributed by atoms with Crippen LogP contribution in [0.25, 0.3) is 11.3 Å². The second-order valence-electron chi connectivity index (χ2n) is 21.5. The Kier molecular flexibility index (Phi) is 13.0. The lowest BCUT2D eigenvalue weighted by molar-refractivity contribution is -0.136. The van der Waals surface area contributed by atoms with Gasteiger partial charge in [0, 0.05) is 98.2 Å². The Balaban J connectivity index is 0.772. The van der Waals surface area contributed by atoms with Crippen LogP contribution in [0.4, 0.5) is 34.4 Å². The number of methoxy groups -OCH3 is 1. The van der Waals surface area contributed by atoms with Crippen LogP contribution >= 0.6 is 0 Å². The molecule has 1 aliphatic carbocycles. The van der Waals surface area contributed by atoms with Crippen molar-refractivity contribution in [2.24, 2.45) is 5.41 Å². The van der Waals surface area contributed by atoms with Crippen molar-refractivity contribution >= 4 is 69.8 Å². The van der Waals surface area contributed by atoms with Crippen LogP contribution in [-0.4, -0.2) is 134 Å². The number of benzene rings is 2. The Hall–Kier alpha value is -7.97. The minimum absolute atomic E-state index is 0.0620. The Morgan fingerprint density at radius 2 is 1.71 bits per heavy atom. The average molecular weight is 1030 g/mol. The first kappa shape index (κ1) is 50.2. The minimum atomic E-state index is -1.02. The van der Waals surface area contributed by atoms with Gasteiger partial charge in [-0.1, -0.05) is 20.4 Å². The molecule has 0 radical (unpaired) electrons. The van der Waals surface area contributed by atoms with E-state index < -0.39 is 36.3 Å². The lowest BCUT2D eigenvalue weighted by Crippen LogP contribution is -2.58. The monoisotopic (exact) mass is 1030 g/mol. The van der Waals surface area contributed by atoms with Crippen molar-refractivity contribution in [3.8, 4) is 17.1 Å². The molecule has 394 valence electrons. The zero-order valence-electron chi connectivity index (χ0n) is 43.4. The van der Waals surface area contributed by atoms with Gasteiger partial charge in [-0.05, 0) is 112 Å². The average Bonchev–Trinajstić information content (AvgIpc) is 3.99. The Labute approximate surface area is 440 Å². The lowest BCUT2D eigenvalue weighted by atomic mass is 9.90. The molecule has 8 heterocycles. The molecule has 3 fully saturated rings. The third-order valence-corrected chi connectivity index (χ3v) is 16.1. The van der Waals surface area contributed by atoms with Crippen molar-refractivity contribution in [1.82, 2.24) is 34.6 Å². The van der Waals surface area contributed by atoms with Crippen molar-refractivity contribution in [2.45, 2.75) is 104 Å². The molecule has 4 atom stereocenters. The van der Waals surface area contributed by atoms with Crippen LogP contribution in [0.5, 0.6) is 5.88 Å². The summed E-state index contributed by atoms with van der Waals surface area (Å²) in [5.74, 6) is -1.74. The van der Waals surface area contributed by atoms with Crippen LogP contribution < -0.4 is 35.4 Å². The van der Waals surface area contributed by atoms with E-state index in [1.54, 1.807) is 35.5 Å². The molecule has 2 aromatic carbocycles. The number of hydrogen-bond donors (Lipinski definition) is 4. The number of nitrogens with one attached hydrogen (secondary N) is 3. The maximum Gasteiger partial charge on any atom is 0.276 e. The number of anilines is 6. The summed E-state index contributed by atoms with van der Waals surface area (Å²) < 4.78 is 7.81. The molecule has 0 saturated carbocycles. The second-order valence-corrected chi connectivity index (χ2v) is 21.5. The first-order chi connectivity index (χ1) is 36.5. The van der Waals surface area contributed by atoms with Crippen molar-refractivity contribution in [2.75, 3.05) is 65.2 Å². The van der Waals surface area contributed by atoms with Gasteiger partial charge < -0.3 is 34.8 Å². The first-order valence-corrected chi connectivity index (χ1v) is 26.1. The van der Waals surface area contributed by atoms with Crippen LogP contribution in [0, 0.1) is 5.41 Å². The predicted octanol–water partition coefficient (Wildman–Crippen LogP) is 5.46. The number of piperazine rings is 1. The van der Waals surface area contributed by atoms with Gasteiger partial charge in [-0.3, -0.25) is 48.8 Å². The molecule has 3 saturated heterocycles. The van der Waals surface area contributed by atoms with Crippen LogP contribution in [0.3, 0.4) is 0 Å². The van der Waals surface area contributed by atoms with Gasteiger partial charge in [-0.15, -0.1) is 0 Å². The van der Waals surface area contributed by atoms with Gasteiger partial charge in [-0.2, -0.15) is 0 Å². The molecule has 5 aliphatic heterocycles. The molecule has 5 aromatic rings. The maximum atomic E-state index is 14.1. The number of aliphatic hydroxyl groups is 1. The number of rotatable bonds is 12. The van der Waals surface area contributed by atoms with Crippen molar-refractivity contribution in [3.63, 3.8) is 0 Å². The van der Waals surface area contributed by atoms with Gasteiger partial charge in [0.2, 0.25) is 17.7 Å². The van der Waals surface area contributed by atoms with E-state index in [9.17, 15) is 33.9 Å². The molecule has 20 heteroatoms. The minimum Gasteiger partial charge on any atom is -0.478 e. The molecule has 4 N–H and O–H groups in total. The molecule has 3 aromatic heterocycles. The Bertz CT molecular complexity index is 3260. The molecule has 2 unspecified atom stereocenters. The summed E-state index contributed by atoms with van der Waals surface area (Å²) in [6, 6.07) is 14.3.